The van der Waals surface area contributed by atoms with Gasteiger partial charge in [0, 0.05) is 37.7 Å². The number of carbonyl (C=O) groups excluding carboxylic acids is 1. The Hall–Kier alpha value is -3.21. The van der Waals surface area contributed by atoms with Gasteiger partial charge in [0.05, 0.1) is 49.3 Å². The largest absolute Gasteiger partial charge is 0.377 e. The predicted molar refractivity (Wildman–Crippen MR) is 120 cm³/mol. The number of morpholine rings is 1. The zero-order valence-corrected chi connectivity index (χ0v) is 18.5. The van der Waals surface area contributed by atoms with Crippen molar-refractivity contribution < 1.29 is 13.9 Å². The number of hydrogen-bond acceptors (Lipinski definition) is 7. The highest BCUT2D eigenvalue weighted by Gasteiger charge is 2.39. The van der Waals surface area contributed by atoms with E-state index in [1.165, 1.54) is 4.90 Å². The summed E-state index contributed by atoms with van der Waals surface area (Å²) in [6.45, 7) is 5.16. The van der Waals surface area contributed by atoms with Gasteiger partial charge < -0.3 is 19.4 Å². The summed E-state index contributed by atoms with van der Waals surface area (Å²) in [6, 6.07) is 4.02. The third-order valence-electron chi connectivity index (χ3n) is 6.75. The van der Waals surface area contributed by atoms with Crippen molar-refractivity contribution in [1.29, 1.82) is 0 Å². The predicted octanol–water partition coefficient (Wildman–Crippen LogP) is 1.72. The molecule has 2 saturated heterocycles. The number of ether oxygens (including phenoxy) is 1. The van der Waals surface area contributed by atoms with Crippen molar-refractivity contribution in [1.82, 2.24) is 29.9 Å². The lowest BCUT2D eigenvalue weighted by Gasteiger charge is -2.39. The molecular weight excluding hydrogens is 427 g/mol. The van der Waals surface area contributed by atoms with Gasteiger partial charge in [-0.2, -0.15) is 14.9 Å². The summed E-state index contributed by atoms with van der Waals surface area (Å²) in [7, 11) is 0. The van der Waals surface area contributed by atoms with Crippen LogP contribution in [-0.2, 0) is 9.53 Å². The van der Waals surface area contributed by atoms with Crippen molar-refractivity contribution >= 4 is 28.4 Å². The van der Waals surface area contributed by atoms with Crippen LogP contribution in [-0.4, -0.2) is 87.5 Å². The van der Waals surface area contributed by atoms with Crippen molar-refractivity contribution in [3.8, 4) is 5.82 Å². The van der Waals surface area contributed by atoms with Crippen LogP contribution in [0.3, 0.4) is 0 Å². The van der Waals surface area contributed by atoms with Crippen molar-refractivity contribution in [2.75, 3.05) is 49.2 Å². The van der Waals surface area contributed by atoms with Crippen LogP contribution < -0.4 is 9.80 Å². The second-order valence-corrected chi connectivity index (χ2v) is 9.04. The summed E-state index contributed by atoms with van der Waals surface area (Å²) in [4.78, 5) is 23.1. The number of aromatic nitrogens is 5. The average molecular weight is 455 g/mol. The number of halogens is 1. The van der Waals surface area contributed by atoms with Crippen LogP contribution in [0.4, 0.5) is 15.9 Å². The lowest BCUT2D eigenvalue weighted by molar-refractivity contribution is -0.139. The van der Waals surface area contributed by atoms with Crippen LogP contribution in [0.25, 0.3) is 16.9 Å². The molecule has 11 heteroatoms. The first-order chi connectivity index (χ1) is 16.1. The molecule has 1 amide bonds. The molecule has 2 atom stereocenters. The van der Waals surface area contributed by atoms with E-state index in [1.54, 1.807) is 17.1 Å². The molecule has 1 unspecified atom stereocenters. The first-order valence-electron chi connectivity index (χ1n) is 11.5. The normalized spacial score (nSPS) is 24.0. The molecule has 0 bridgehead atoms. The standard InChI is InChI=1S/C22H27FN8O2/c1-14-13-33-9-8-29(14)20-10-17(16-11-25-31(21(16)26-20)19-4-5-24-27-19)28-6-7-30(18(23)12-28)22(32)15-2-3-15/h4-5,10-11,14-15,18H,2-3,6-9,12-13H2,1H3,(H,24,27)/t14-,18?/m1/s1. The zero-order valence-electron chi connectivity index (χ0n) is 18.5. The fourth-order valence-corrected chi connectivity index (χ4v) is 4.76. The molecular formula is C22H27FN8O2. The smallest absolute Gasteiger partial charge is 0.228 e. The number of pyridine rings is 1. The first kappa shape index (κ1) is 20.4. The SMILES string of the molecule is C[C@@H]1COCCN1c1cc(N2CCN(C(=O)C3CC3)C(F)C2)c2cnn(-c3ccn[nH]3)c2n1. The number of nitrogens with zero attached hydrogens (tertiary/aromatic N) is 7. The van der Waals surface area contributed by atoms with Gasteiger partial charge in [0.1, 0.15) is 5.82 Å². The second kappa shape index (κ2) is 7.98. The summed E-state index contributed by atoms with van der Waals surface area (Å²) >= 11 is 0. The summed E-state index contributed by atoms with van der Waals surface area (Å²) in [6.07, 6.45) is 3.86. The second-order valence-electron chi connectivity index (χ2n) is 9.04. The van der Waals surface area contributed by atoms with Gasteiger partial charge in [-0.15, -0.1) is 0 Å². The molecule has 174 valence electrons. The maximum absolute atomic E-state index is 15.2. The van der Waals surface area contributed by atoms with E-state index in [4.69, 9.17) is 9.72 Å². The molecule has 1 N–H and O–H groups in total. The highest BCUT2D eigenvalue weighted by molar-refractivity contribution is 5.92. The van der Waals surface area contributed by atoms with Gasteiger partial charge in [0.25, 0.3) is 0 Å². The number of anilines is 2. The van der Waals surface area contributed by atoms with Gasteiger partial charge in [-0.1, -0.05) is 0 Å². The number of alkyl halides is 1. The van der Waals surface area contributed by atoms with Crippen LogP contribution in [0.15, 0.2) is 24.5 Å². The van der Waals surface area contributed by atoms with Gasteiger partial charge >= 0.3 is 0 Å². The van der Waals surface area contributed by atoms with Gasteiger partial charge in [0.2, 0.25) is 5.91 Å². The highest BCUT2D eigenvalue weighted by atomic mass is 19.1. The van der Waals surface area contributed by atoms with E-state index in [0.29, 0.717) is 37.8 Å². The maximum Gasteiger partial charge on any atom is 0.228 e. The molecule has 1 aliphatic carbocycles. The van der Waals surface area contributed by atoms with Crippen molar-refractivity contribution in [2.45, 2.75) is 32.1 Å². The molecule has 33 heavy (non-hydrogen) atoms. The fourth-order valence-electron chi connectivity index (χ4n) is 4.76. The quantitative estimate of drug-likeness (QED) is 0.600. The van der Waals surface area contributed by atoms with Crippen LogP contribution in [0.1, 0.15) is 19.8 Å². The Morgan fingerprint density at radius 2 is 2.15 bits per heavy atom. The number of H-pyrrole nitrogens is 1. The van der Waals surface area contributed by atoms with Crippen LogP contribution >= 0.6 is 0 Å². The number of nitrogens with one attached hydrogen (secondary N) is 1. The van der Waals surface area contributed by atoms with E-state index in [0.717, 1.165) is 36.3 Å². The number of fused-ring (bicyclic) bond motifs is 1. The summed E-state index contributed by atoms with van der Waals surface area (Å²) in [5.74, 6) is 1.49. The summed E-state index contributed by atoms with van der Waals surface area (Å²) in [5.41, 5.74) is 1.55. The van der Waals surface area contributed by atoms with Gasteiger partial charge in [-0.05, 0) is 19.8 Å². The van der Waals surface area contributed by atoms with Crippen LogP contribution in [0, 0.1) is 5.92 Å². The Bertz CT molecular complexity index is 1160. The molecule has 1 saturated carbocycles. The maximum atomic E-state index is 15.2. The molecule has 6 rings (SSSR count). The first-order valence-corrected chi connectivity index (χ1v) is 11.5. The van der Waals surface area contributed by atoms with E-state index >= 15 is 4.39 Å². The minimum absolute atomic E-state index is 0.0180. The Morgan fingerprint density at radius 1 is 1.27 bits per heavy atom. The van der Waals surface area contributed by atoms with Crippen LogP contribution in [0.5, 0.6) is 0 Å². The number of rotatable bonds is 4. The fraction of sp³-hybridized carbons (Fsp3) is 0.545. The Morgan fingerprint density at radius 3 is 2.88 bits per heavy atom. The van der Waals surface area contributed by atoms with Gasteiger partial charge in [0.15, 0.2) is 17.8 Å². The summed E-state index contributed by atoms with van der Waals surface area (Å²) in [5, 5.41) is 12.4. The third-order valence-corrected chi connectivity index (χ3v) is 6.75. The number of aromatic amines is 1. The monoisotopic (exact) mass is 454 g/mol. The molecule has 0 spiro atoms. The topological polar surface area (TPSA) is 95.4 Å². The molecule has 3 aliphatic rings. The Kier molecular flexibility index (Phi) is 4.93. The highest BCUT2D eigenvalue weighted by Crippen LogP contribution is 2.36. The Balaban J connectivity index is 1.39. The molecule has 3 fully saturated rings. The van der Waals surface area contributed by atoms with E-state index in [-0.39, 0.29) is 24.4 Å². The molecule has 3 aromatic heterocycles. The van der Waals surface area contributed by atoms with Gasteiger partial charge in [-0.25, -0.2) is 9.37 Å². The van der Waals surface area contributed by atoms with Crippen molar-refractivity contribution in [3.63, 3.8) is 0 Å². The molecule has 3 aromatic rings. The van der Waals surface area contributed by atoms with E-state index in [1.807, 2.05) is 17.0 Å². The van der Waals surface area contributed by atoms with E-state index < -0.39 is 6.30 Å². The van der Waals surface area contributed by atoms with Crippen LogP contribution in [0.2, 0.25) is 0 Å². The molecule has 10 nitrogen and oxygen atoms in total. The minimum atomic E-state index is -1.33. The lowest BCUT2D eigenvalue weighted by Crippen LogP contribution is -2.54. The zero-order chi connectivity index (χ0) is 22.5. The Labute approximate surface area is 190 Å². The number of carbonyl (C=O) groups is 1. The minimum Gasteiger partial charge on any atom is -0.377 e. The van der Waals surface area contributed by atoms with E-state index in [2.05, 4.69) is 27.1 Å². The molecule has 0 aromatic carbocycles. The van der Waals surface area contributed by atoms with E-state index in [9.17, 15) is 4.79 Å². The summed E-state index contributed by atoms with van der Waals surface area (Å²) < 4.78 is 22.5. The molecule has 2 aliphatic heterocycles. The molecule has 0 radical (unpaired) electrons. The van der Waals surface area contributed by atoms with Crippen molar-refractivity contribution in [3.05, 3.63) is 24.5 Å². The number of piperazine rings is 1. The number of amides is 1. The lowest BCUT2D eigenvalue weighted by atomic mass is 10.1. The average Bonchev–Trinajstić information content (AvgIpc) is 3.36. The third kappa shape index (κ3) is 3.60. The van der Waals surface area contributed by atoms with Crippen molar-refractivity contribution in [2.24, 2.45) is 5.92 Å². The number of hydrogen-bond donors (Lipinski definition) is 1. The molecule has 5 heterocycles. The van der Waals surface area contributed by atoms with Gasteiger partial charge in [-0.3, -0.25) is 9.89 Å².